The predicted molar refractivity (Wildman–Crippen MR) is 43.8 cm³/mol. The van der Waals surface area contributed by atoms with Gasteiger partial charge >= 0.3 is 0 Å². The number of rotatable bonds is 2. The molecule has 0 aromatic carbocycles. The van der Waals surface area contributed by atoms with Gasteiger partial charge in [0.2, 0.25) is 0 Å². The Bertz CT molecular complexity index is 165. The number of methoxy groups -OCH3 is 1. The number of ether oxygens (including phenoxy) is 1. The maximum Gasteiger partial charge on any atom is 0.254 e. The highest BCUT2D eigenvalue weighted by Gasteiger charge is 1.98. The smallest absolute Gasteiger partial charge is 0.254 e. The summed E-state index contributed by atoms with van der Waals surface area (Å²) in [5.41, 5.74) is 0. The second kappa shape index (κ2) is 5.77. The molecule has 64 valence electrons. The van der Waals surface area contributed by atoms with E-state index in [-0.39, 0.29) is 0 Å². The monoisotopic (exact) mass is 157 g/mol. The van der Waals surface area contributed by atoms with Crippen LogP contribution in [-0.4, -0.2) is 12.3 Å². The van der Waals surface area contributed by atoms with Gasteiger partial charge in [0.25, 0.3) is 5.88 Å². The lowest BCUT2D eigenvalue weighted by molar-refractivity contribution is 0.327. The van der Waals surface area contributed by atoms with Crippen molar-refractivity contribution >= 4 is 0 Å². The van der Waals surface area contributed by atoms with Crippen LogP contribution in [0.5, 0.6) is 5.88 Å². The summed E-state index contributed by atoms with van der Waals surface area (Å²) < 4.78 is 9.62. The van der Waals surface area contributed by atoms with Crippen molar-refractivity contribution in [2.24, 2.45) is 0 Å². The van der Waals surface area contributed by atoms with E-state index < -0.39 is 0 Å². The van der Waals surface area contributed by atoms with Crippen LogP contribution in [0, 0.1) is 0 Å². The molecule has 0 fully saturated rings. The van der Waals surface area contributed by atoms with Crippen molar-refractivity contribution in [3.63, 3.8) is 0 Å². The molecule has 0 aliphatic rings. The Morgan fingerprint density at radius 2 is 2.18 bits per heavy atom. The van der Waals surface area contributed by atoms with Crippen LogP contribution in [0.25, 0.3) is 0 Å². The van der Waals surface area contributed by atoms with E-state index in [9.17, 15) is 0 Å². The fourth-order valence-electron chi connectivity index (χ4n) is 0.557. The molecule has 0 bridgehead atoms. The van der Waals surface area contributed by atoms with Crippen LogP contribution in [0.4, 0.5) is 0 Å². The first-order valence-electron chi connectivity index (χ1n) is 3.86. The summed E-state index contributed by atoms with van der Waals surface area (Å²) in [4.78, 5) is 0. The Morgan fingerprint density at radius 1 is 1.55 bits per heavy atom. The first kappa shape index (κ1) is 10.0. The molecule has 0 N–H and O–H groups in total. The molecule has 0 saturated heterocycles. The molecular weight excluding hydrogens is 142 g/mol. The molecule has 0 radical (unpaired) electrons. The van der Waals surface area contributed by atoms with Crippen LogP contribution in [0.3, 0.4) is 0 Å². The van der Waals surface area contributed by atoms with Crippen molar-refractivity contribution < 1.29 is 9.26 Å². The van der Waals surface area contributed by atoms with E-state index in [4.69, 9.17) is 9.26 Å². The lowest BCUT2D eigenvalue weighted by Crippen LogP contribution is -1.78. The number of aryl methyl sites for hydroxylation is 1. The van der Waals surface area contributed by atoms with Crippen LogP contribution in [-0.2, 0) is 6.42 Å². The van der Waals surface area contributed by atoms with Gasteiger partial charge in [-0.25, -0.2) is 0 Å². The fraction of sp³-hybridized carbons (Fsp3) is 0.625. The van der Waals surface area contributed by atoms with E-state index in [0.717, 1.165) is 12.2 Å². The molecule has 3 nitrogen and oxygen atoms in total. The van der Waals surface area contributed by atoms with Crippen LogP contribution in [0.2, 0.25) is 0 Å². The van der Waals surface area contributed by atoms with E-state index in [2.05, 4.69) is 5.16 Å². The summed E-state index contributed by atoms with van der Waals surface area (Å²) in [6.07, 6.45) is 0.857. The Morgan fingerprint density at radius 3 is 2.45 bits per heavy atom. The SMILES string of the molecule is CC.CCc1cc(OC)no1. The second-order valence-electron chi connectivity index (χ2n) is 1.69. The van der Waals surface area contributed by atoms with Gasteiger partial charge in [-0.15, -0.1) is 0 Å². The first-order chi connectivity index (χ1) is 5.36. The van der Waals surface area contributed by atoms with Crippen LogP contribution in [0.15, 0.2) is 10.6 Å². The van der Waals surface area contributed by atoms with Crippen molar-refractivity contribution in [1.82, 2.24) is 5.16 Å². The highest BCUT2D eigenvalue weighted by atomic mass is 16.5. The summed E-state index contributed by atoms with van der Waals surface area (Å²) in [5.74, 6) is 1.40. The molecule has 3 heteroatoms. The Kier molecular flexibility index (Phi) is 5.25. The Hall–Kier alpha value is -0.990. The van der Waals surface area contributed by atoms with Gasteiger partial charge in [-0.3, -0.25) is 0 Å². The van der Waals surface area contributed by atoms with E-state index in [1.54, 1.807) is 13.2 Å². The van der Waals surface area contributed by atoms with Crippen molar-refractivity contribution in [3.05, 3.63) is 11.8 Å². The van der Waals surface area contributed by atoms with Crippen molar-refractivity contribution in [2.45, 2.75) is 27.2 Å². The van der Waals surface area contributed by atoms with E-state index in [1.165, 1.54) is 0 Å². The molecular formula is C8H15NO2. The summed E-state index contributed by atoms with van der Waals surface area (Å²) in [7, 11) is 1.57. The average Bonchev–Trinajstić information content (AvgIpc) is 2.55. The number of hydrogen-bond donors (Lipinski definition) is 0. The first-order valence-corrected chi connectivity index (χ1v) is 3.86. The Balaban J connectivity index is 0.000000461. The maximum atomic E-state index is 4.83. The third-order valence-electron chi connectivity index (χ3n) is 1.09. The molecule has 1 aromatic rings. The van der Waals surface area contributed by atoms with E-state index >= 15 is 0 Å². The van der Waals surface area contributed by atoms with Gasteiger partial charge in [0, 0.05) is 12.5 Å². The lowest BCUT2D eigenvalue weighted by atomic mass is 10.4. The quantitative estimate of drug-likeness (QED) is 0.660. The number of nitrogens with zero attached hydrogens (tertiary/aromatic N) is 1. The minimum atomic E-state index is 0.548. The van der Waals surface area contributed by atoms with Crippen LogP contribution < -0.4 is 4.74 Å². The summed E-state index contributed by atoms with van der Waals surface area (Å²) in [5, 5.41) is 3.61. The topological polar surface area (TPSA) is 35.3 Å². The van der Waals surface area contributed by atoms with Crippen molar-refractivity contribution in [2.75, 3.05) is 7.11 Å². The van der Waals surface area contributed by atoms with E-state index in [0.29, 0.717) is 5.88 Å². The third-order valence-corrected chi connectivity index (χ3v) is 1.09. The van der Waals surface area contributed by atoms with Gasteiger partial charge in [0.15, 0.2) is 0 Å². The number of aromatic nitrogens is 1. The summed E-state index contributed by atoms with van der Waals surface area (Å²) >= 11 is 0. The van der Waals surface area contributed by atoms with Gasteiger partial charge < -0.3 is 9.26 Å². The molecule has 0 atom stereocenters. The highest BCUT2D eigenvalue weighted by molar-refractivity contribution is 5.10. The second-order valence-corrected chi connectivity index (χ2v) is 1.69. The van der Waals surface area contributed by atoms with Crippen molar-refractivity contribution in [1.29, 1.82) is 0 Å². The summed E-state index contributed by atoms with van der Waals surface area (Å²) in [6.45, 7) is 6.00. The largest absolute Gasteiger partial charge is 0.479 e. The zero-order valence-electron chi connectivity index (χ0n) is 7.55. The molecule has 0 amide bonds. The minimum absolute atomic E-state index is 0.548. The minimum Gasteiger partial charge on any atom is -0.479 e. The molecule has 11 heavy (non-hydrogen) atoms. The maximum absolute atomic E-state index is 4.83. The molecule has 0 aliphatic carbocycles. The zero-order chi connectivity index (χ0) is 8.69. The average molecular weight is 157 g/mol. The highest BCUT2D eigenvalue weighted by Crippen LogP contribution is 2.09. The molecule has 1 rings (SSSR count). The van der Waals surface area contributed by atoms with Gasteiger partial charge in [-0.05, 0) is 5.16 Å². The van der Waals surface area contributed by atoms with Crippen LogP contribution in [0.1, 0.15) is 26.5 Å². The lowest BCUT2D eigenvalue weighted by Gasteiger charge is -1.83. The van der Waals surface area contributed by atoms with Gasteiger partial charge in [0.05, 0.1) is 7.11 Å². The molecule has 0 unspecified atom stereocenters. The molecule has 1 heterocycles. The Labute approximate surface area is 67.3 Å². The fourth-order valence-corrected chi connectivity index (χ4v) is 0.557. The normalized spacial score (nSPS) is 8.36. The van der Waals surface area contributed by atoms with Gasteiger partial charge in [-0.2, -0.15) is 0 Å². The standard InChI is InChI=1S/C6H9NO2.C2H6/c1-3-5-4-6(8-2)7-9-5;1-2/h4H,3H2,1-2H3;1-2H3. The number of hydrogen-bond acceptors (Lipinski definition) is 3. The predicted octanol–water partition coefficient (Wildman–Crippen LogP) is 2.27. The van der Waals surface area contributed by atoms with E-state index in [1.807, 2.05) is 20.8 Å². The molecule has 0 aliphatic heterocycles. The molecule has 1 aromatic heterocycles. The zero-order valence-corrected chi connectivity index (χ0v) is 7.55. The summed E-state index contributed by atoms with van der Waals surface area (Å²) in [6, 6.07) is 1.78. The third kappa shape index (κ3) is 3.07. The van der Waals surface area contributed by atoms with Crippen LogP contribution >= 0.6 is 0 Å². The van der Waals surface area contributed by atoms with Gasteiger partial charge in [-0.1, -0.05) is 20.8 Å². The molecule has 0 spiro atoms. The van der Waals surface area contributed by atoms with Crippen molar-refractivity contribution in [3.8, 4) is 5.88 Å². The van der Waals surface area contributed by atoms with Gasteiger partial charge in [0.1, 0.15) is 5.76 Å². The molecule has 0 saturated carbocycles.